The number of hydrogen-bond donors (Lipinski definition) is 1. The number of aryl methyl sites for hydroxylation is 2. The third-order valence-corrected chi connectivity index (χ3v) is 3.89. The molecule has 0 bridgehead atoms. The van der Waals surface area contributed by atoms with E-state index in [0.29, 0.717) is 24.1 Å². The first-order valence-electron chi connectivity index (χ1n) is 7.23. The Bertz CT molecular complexity index is 483. The number of nitrogens with one attached hydrogen (secondary N) is 1. The maximum Gasteiger partial charge on any atom is 0.333 e. The van der Waals surface area contributed by atoms with Gasteiger partial charge in [0.2, 0.25) is 5.82 Å². The first kappa shape index (κ1) is 14.8. The molecule has 2 rings (SSSR count). The number of aromatic nitrogens is 2. The normalized spacial score (nSPS) is 19.4. The van der Waals surface area contributed by atoms with E-state index in [0.717, 1.165) is 25.9 Å². The molecule has 20 heavy (non-hydrogen) atoms. The molecule has 0 radical (unpaired) electrons. The van der Waals surface area contributed by atoms with E-state index in [9.17, 15) is 10.1 Å². The minimum Gasteiger partial charge on any atom is -0.347 e. The molecule has 1 N–H and O–H groups in total. The lowest BCUT2D eigenvalue weighted by atomic mass is 10.0. The summed E-state index contributed by atoms with van der Waals surface area (Å²) < 4.78 is 1.77. The zero-order valence-electron chi connectivity index (χ0n) is 12.4. The van der Waals surface area contributed by atoms with Crippen LogP contribution in [0.25, 0.3) is 0 Å². The Labute approximate surface area is 119 Å². The Morgan fingerprint density at radius 2 is 2.25 bits per heavy atom. The Hall–Kier alpha value is -1.63. The molecule has 1 atom stereocenters. The summed E-state index contributed by atoms with van der Waals surface area (Å²) in [5, 5.41) is 18.9. The van der Waals surface area contributed by atoms with Crippen molar-refractivity contribution in [3.8, 4) is 0 Å². The summed E-state index contributed by atoms with van der Waals surface area (Å²) in [7, 11) is 1.92. The minimum atomic E-state index is -0.297. The van der Waals surface area contributed by atoms with E-state index in [-0.39, 0.29) is 10.6 Å². The van der Waals surface area contributed by atoms with Crippen LogP contribution in [0.2, 0.25) is 0 Å². The summed E-state index contributed by atoms with van der Waals surface area (Å²) in [6, 6.07) is 0.300. The predicted molar refractivity (Wildman–Crippen MR) is 78.2 cm³/mol. The van der Waals surface area contributed by atoms with Crippen molar-refractivity contribution in [3.63, 3.8) is 0 Å². The largest absolute Gasteiger partial charge is 0.347 e. The van der Waals surface area contributed by atoms with Gasteiger partial charge in [-0.25, -0.2) is 4.68 Å². The second-order valence-corrected chi connectivity index (χ2v) is 5.23. The van der Waals surface area contributed by atoms with Crippen LogP contribution >= 0.6 is 0 Å². The molecule has 0 spiro atoms. The van der Waals surface area contributed by atoms with Gasteiger partial charge in [0, 0.05) is 25.7 Å². The van der Waals surface area contributed by atoms with E-state index in [1.165, 1.54) is 6.42 Å². The Morgan fingerprint density at radius 3 is 2.85 bits per heavy atom. The van der Waals surface area contributed by atoms with Crippen molar-refractivity contribution in [3.05, 3.63) is 15.8 Å². The molecular weight excluding hydrogens is 258 g/mol. The fourth-order valence-electron chi connectivity index (χ4n) is 3.01. The number of hydrogen-bond acceptors (Lipinski definition) is 5. The van der Waals surface area contributed by atoms with Crippen LogP contribution in [0.3, 0.4) is 0 Å². The van der Waals surface area contributed by atoms with Crippen LogP contribution in [0.5, 0.6) is 0 Å². The van der Waals surface area contributed by atoms with E-state index < -0.39 is 0 Å². The zero-order chi connectivity index (χ0) is 14.7. The van der Waals surface area contributed by atoms with E-state index in [1.54, 1.807) is 11.6 Å². The van der Waals surface area contributed by atoms with Crippen molar-refractivity contribution in [1.29, 1.82) is 0 Å². The fourth-order valence-corrected chi connectivity index (χ4v) is 3.01. The second kappa shape index (κ2) is 6.21. The number of rotatable bonds is 5. The highest BCUT2D eigenvalue weighted by Crippen LogP contribution is 2.35. The van der Waals surface area contributed by atoms with Gasteiger partial charge in [-0.15, -0.1) is 0 Å². The van der Waals surface area contributed by atoms with Gasteiger partial charge in [0.05, 0.1) is 4.92 Å². The number of likely N-dealkylation sites (N-methyl/N-ethyl adjacent to an activating group) is 1. The zero-order valence-corrected chi connectivity index (χ0v) is 12.4. The van der Waals surface area contributed by atoms with Crippen molar-refractivity contribution in [1.82, 2.24) is 15.1 Å². The quantitative estimate of drug-likeness (QED) is 0.656. The molecule has 1 aliphatic rings. The van der Waals surface area contributed by atoms with Crippen LogP contribution in [0.1, 0.15) is 31.9 Å². The van der Waals surface area contributed by atoms with Crippen LogP contribution in [-0.2, 0) is 6.54 Å². The number of nitro groups is 1. The van der Waals surface area contributed by atoms with Crippen LogP contribution in [0.4, 0.5) is 11.5 Å². The molecule has 0 amide bonds. The summed E-state index contributed by atoms with van der Waals surface area (Å²) in [6.07, 6.45) is 3.31. The third kappa shape index (κ3) is 2.63. The highest BCUT2D eigenvalue weighted by Gasteiger charge is 2.33. The molecule has 1 unspecified atom stereocenters. The molecule has 2 heterocycles. The molecule has 1 aromatic rings. The van der Waals surface area contributed by atoms with Gasteiger partial charge in [-0.2, -0.15) is 5.10 Å². The van der Waals surface area contributed by atoms with Crippen LogP contribution < -0.4 is 10.2 Å². The highest BCUT2D eigenvalue weighted by atomic mass is 16.6. The summed E-state index contributed by atoms with van der Waals surface area (Å²) in [4.78, 5) is 13.3. The molecule has 112 valence electrons. The monoisotopic (exact) mass is 281 g/mol. The Morgan fingerprint density at radius 1 is 1.50 bits per heavy atom. The van der Waals surface area contributed by atoms with Gasteiger partial charge in [-0.05, 0) is 40.2 Å². The van der Waals surface area contributed by atoms with Gasteiger partial charge in [-0.3, -0.25) is 10.1 Å². The Balaban J connectivity index is 2.45. The van der Waals surface area contributed by atoms with Gasteiger partial charge in [-0.1, -0.05) is 0 Å². The van der Waals surface area contributed by atoms with Crippen molar-refractivity contribution in [2.24, 2.45) is 0 Å². The summed E-state index contributed by atoms with van der Waals surface area (Å²) in [6.45, 7) is 6.03. The lowest BCUT2D eigenvalue weighted by Crippen LogP contribution is -2.46. The lowest BCUT2D eigenvalue weighted by Gasteiger charge is -2.36. The smallest absolute Gasteiger partial charge is 0.333 e. The third-order valence-electron chi connectivity index (χ3n) is 3.89. The van der Waals surface area contributed by atoms with E-state index >= 15 is 0 Å². The maximum atomic E-state index is 11.4. The second-order valence-electron chi connectivity index (χ2n) is 5.23. The van der Waals surface area contributed by atoms with E-state index in [1.807, 2.05) is 14.0 Å². The predicted octanol–water partition coefficient (Wildman–Crippen LogP) is 1.70. The van der Waals surface area contributed by atoms with Crippen molar-refractivity contribution in [2.45, 2.75) is 45.7 Å². The van der Waals surface area contributed by atoms with Crippen LogP contribution in [0, 0.1) is 17.0 Å². The van der Waals surface area contributed by atoms with Gasteiger partial charge >= 0.3 is 5.69 Å². The Kier molecular flexibility index (Phi) is 4.59. The van der Waals surface area contributed by atoms with E-state index in [2.05, 4.69) is 15.3 Å². The van der Waals surface area contributed by atoms with Gasteiger partial charge in [0.1, 0.15) is 5.69 Å². The minimum absolute atomic E-state index is 0.162. The number of anilines is 1. The van der Waals surface area contributed by atoms with Gasteiger partial charge in [0.15, 0.2) is 0 Å². The summed E-state index contributed by atoms with van der Waals surface area (Å²) in [5.41, 5.74) is 0.662. The molecule has 1 fully saturated rings. The van der Waals surface area contributed by atoms with Crippen molar-refractivity contribution in [2.75, 3.05) is 25.0 Å². The fraction of sp³-hybridized carbons (Fsp3) is 0.769. The molecule has 0 aliphatic carbocycles. The molecule has 7 heteroatoms. The van der Waals surface area contributed by atoms with Crippen molar-refractivity contribution >= 4 is 11.5 Å². The molecule has 7 nitrogen and oxygen atoms in total. The topological polar surface area (TPSA) is 76.2 Å². The molecule has 0 saturated carbocycles. The maximum absolute atomic E-state index is 11.4. The standard InChI is InChI=1S/C13H23N5O2/c1-4-17-13(12(18(19)20)10(2)15-17)16-8-6-5-7-11(16)9-14-3/h11,14H,4-9H2,1-3H3. The summed E-state index contributed by atoms with van der Waals surface area (Å²) in [5.74, 6) is 0.676. The molecular formula is C13H23N5O2. The first-order chi connectivity index (χ1) is 9.60. The lowest BCUT2D eigenvalue weighted by molar-refractivity contribution is -0.384. The molecule has 1 aliphatic heterocycles. The average Bonchev–Trinajstić information content (AvgIpc) is 2.76. The first-order valence-corrected chi connectivity index (χ1v) is 7.23. The highest BCUT2D eigenvalue weighted by molar-refractivity contribution is 5.62. The number of piperidine rings is 1. The number of nitrogens with zero attached hydrogens (tertiary/aromatic N) is 4. The van der Waals surface area contributed by atoms with Gasteiger partial charge < -0.3 is 10.2 Å². The molecule has 1 saturated heterocycles. The molecule has 1 aromatic heterocycles. The van der Waals surface area contributed by atoms with Crippen molar-refractivity contribution < 1.29 is 4.92 Å². The van der Waals surface area contributed by atoms with Crippen LogP contribution in [0.15, 0.2) is 0 Å². The summed E-state index contributed by atoms with van der Waals surface area (Å²) >= 11 is 0. The SMILES string of the molecule is CCn1nc(C)c([N+](=O)[O-])c1N1CCCCC1CNC. The average molecular weight is 281 g/mol. The van der Waals surface area contributed by atoms with E-state index in [4.69, 9.17) is 0 Å². The van der Waals surface area contributed by atoms with Gasteiger partial charge in [0.25, 0.3) is 0 Å². The van der Waals surface area contributed by atoms with Crippen LogP contribution in [-0.4, -0.2) is 40.9 Å². The molecule has 0 aromatic carbocycles.